The lowest BCUT2D eigenvalue weighted by Gasteiger charge is -2.16. The Morgan fingerprint density at radius 3 is 2.63 bits per heavy atom. The molecule has 0 radical (unpaired) electrons. The maximum Gasteiger partial charge on any atom is 0.257 e. The van der Waals surface area contributed by atoms with Gasteiger partial charge in [0, 0.05) is 25.2 Å². The predicted octanol–water partition coefficient (Wildman–Crippen LogP) is 2.56. The standard InChI is InChI=1S/C21H24N2O4/c1-26-19-6-3-2-5-16(19)12-13-22-20(24)15-27-18-10-8-17(9-11-18)23-14-4-7-21(23)25/h2-3,5-6,8-11H,4,7,12-15H2,1H3,(H,22,24). The van der Waals surface area contributed by atoms with E-state index in [2.05, 4.69) is 5.32 Å². The average Bonchev–Trinajstić information content (AvgIpc) is 3.13. The predicted molar refractivity (Wildman–Crippen MR) is 103 cm³/mol. The minimum absolute atomic E-state index is 0.0477. The highest BCUT2D eigenvalue weighted by atomic mass is 16.5. The summed E-state index contributed by atoms with van der Waals surface area (Å²) in [5.74, 6) is 1.40. The molecular weight excluding hydrogens is 344 g/mol. The molecule has 2 amide bonds. The molecule has 0 aromatic heterocycles. The van der Waals surface area contributed by atoms with Crippen LogP contribution in [0, 0.1) is 0 Å². The van der Waals surface area contributed by atoms with Gasteiger partial charge in [0.15, 0.2) is 6.61 Å². The lowest BCUT2D eigenvalue weighted by atomic mass is 10.1. The minimum atomic E-state index is -0.177. The van der Waals surface area contributed by atoms with Crippen molar-refractivity contribution < 1.29 is 19.1 Å². The lowest BCUT2D eigenvalue weighted by Crippen LogP contribution is -2.30. The van der Waals surface area contributed by atoms with Crippen LogP contribution in [0.15, 0.2) is 48.5 Å². The number of nitrogens with zero attached hydrogens (tertiary/aromatic N) is 1. The first kappa shape index (κ1) is 18.8. The number of carbonyl (C=O) groups excluding carboxylic acids is 2. The summed E-state index contributed by atoms with van der Waals surface area (Å²) < 4.78 is 10.8. The molecular formula is C21H24N2O4. The second-order valence-corrected chi connectivity index (χ2v) is 6.34. The molecule has 27 heavy (non-hydrogen) atoms. The lowest BCUT2D eigenvalue weighted by molar-refractivity contribution is -0.123. The number of amides is 2. The Hall–Kier alpha value is -3.02. The molecule has 2 aromatic rings. The fourth-order valence-corrected chi connectivity index (χ4v) is 3.09. The number of nitrogens with one attached hydrogen (secondary N) is 1. The van der Waals surface area contributed by atoms with Crippen molar-refractivity contribution in [2.75, 3.05) is 31.7 Å². The number of ether oxygens (including phenoxy) is 2. The molecule has 1 fully saturated rings. The third-order valence-electron chi connectivity index (χ3n) is 4.50. The highest BCUT2D eigenvalue weighted by Gasteiger charge is 2.21. The van der Waals surface area contributed by atoms with Crippen molar-refractivity contribution in [3.05, 3.63) is 54.1 Å². The number of rotatable bonds is 8. The highest BCUT2D eigenvalue weighted by Crippen LogP contribution is 2.23. The number of hydrogen-bond acceptors (Lipinski definition) is 4. The van der Waals surface area contributed by atoms with Crippen LogP contribution in [0.5, 0.6) is 11.5 Å². The molecule has 1 saturated heterocycles. The SMILES string of the molecule is COc1ccccc1CCNC(=O)COc1ccc(N2CCCC2=O)cc1. The Balaban J connectivity index is 1.42. The Labute approximate surface area is 159 Å². The smallest absolute Gasteiger partial charge is 0.257 e. The third kappa shape index (κ3) is 5.00. The van der Waals surface area contributed by atoms with Crippen LogP contribution >= 0.6 is 0 Å². The molecule has 0 atom stereocenters. The van der Waals surface area contributed by atoms with E-state index in [9.17, 15) is 9.59 Å². The van der Waals surface area contributed by atoms with Crippen molar-refractivity contribution in [2.45, 2.75) is 19.3 Å². The fourth-order valence-electron chi connectivity index (χ4n) is 3.09. The van der Waals surface area contributed by atoms with E-state index >= 15 is 0 Å². The summed E-state index contributed by atoms with van der Waals surface area (Å²) in [5, 5.41) is 2.84. The van der Waals surface area contributed by atoms with Gasteiger partial charge in [0.05, 0.1) is 7.11 Å². The van der Waals surface area contributed by atoms with Crippen LogP contribution < -0.4 is 19.7 Å². The molecule has 1 heterocycles. The number of anilines is 1. The zero-order valence-electron chi connectivity index (χ0n) is 15.4. The van der Waals surface area contributed by atoms with Crippen molar-refractivity contribution in [3.8, 4) is 11.5 Å². The van der Waals surface area contributed by atoms with Crippen molar-refractivity contribution in [1.82, 2.24) is 5.32 Å². The summed E-state index contributed by atoms with van der Waals surface area (Å²) in [6.45, 7) is 1.22. The van der Waals surface area contributed by atoms with Gasteiger partial charge in [-0.15, -0.1) is 0 Å². The van der Waals surface area contributed by atoms with Gasteiger partial charge in [-0.25, -0.2) is 0 Å². The molecule has 2 aromatic carbocycles. The number of carbonyl (C=O) groups is 2. The largest absolute Gasteiger partial charge is 0.496 e. The number of benzene rings is 2. The molecule has 6 nitrogen and oxygen atoms in total. The first-order valence-electron chi connectivity index (χ1n) is 9.09. The van der Waals surface area contributed by atoms with Crippen LogP contribution in [0.2, 0.25) is 0 Å². The zero-order valence-corrected chi connectivity index (χ0v) is 15.4. The third-order valence-corrected chi connectivity index (χ3v) is 4.50. The van der Waals surface area contributed by atoms with Crippen LogP contribution in [0.1, 0.15) is 18.4 Å². The van der Waals surface area contributed by atoms with Crippen molar-refractivity contribution in [1.29, 1.82) is 0 Å². The van der Waals surface area contributed by atoms with Crippen LogP contribution in [-0.4, -0.2) is 38.6 Å². The summed E-state index contributed by atoms with van der Waals surface area (Å²) in [7, 11) is 1.64. The van der Waals surface area contributed by atoms with Crippen molar-refractivity contribution in [2.24, 2.45) is 0 Å². The number of para-hydroxylation sites is 1. The van der Waals surface area contributed by atoms with Gasteiger partial charge in [-0.1, -0.05) is 18.2 Å². The maximum atomic E-state index is 12.0. The van der Waals surface area contributed by atoms with Gasteiger partial charge in [0.25, 0.3) is 5.91 Å². The van der Waals surface area contributed by atoms with Gasteiger partial charge < -0.3 is 19.7 Å². The van der Waals surface area contributed by atoms with Gasteiger partial charge in [-0.05, 0) is 48.7 Å². The molecule has 0 saturated carbocycles. The van der Waals surface area contributed by atoms with Crippen LogP contribution in [0.4, 0.5) is 5.69 Å². The maximum absolute atomic E-state index is 12.0. The van der Waals surface area contributed by atoms with Crippen LogP contribution in [-0.2, 0) is 16.0 Å². The Morgan fingerprint density at radius 2 is 1.93 bits per heavy atom. The fraction of sp³-hybridized carbons (Fsp3) is 0.333. The second kappa shape index (κ2) is 9.07. The van der Waals surface area contributed by atoms with Crippen LogP contribution in [0.3, 0.4) is 0 Å². The van der Waals surface area contributed by atoms with E-state index < -0.39 is 0 Å². The number of hydrogen-bond donors (Lipinski definition) is 1. The minimum Gasteiger partial charge on any atom is -0.496 e. The summed E-state index contributed by atoms with van der Waals surface area (Å²) in [5.41, 5.74) is 1.92. The first-order chi connectivity index (χ1) is 13.2. The molecule has 0 unspecified atom stereocenters. The monoisotopic (exact) mass is 368 g/mol. The van der Waals surface area contributed by atoms with E-state index in [1.807, 2.05) is 36.4 Å². The van der Waals surface area contributed by atoms with E-state index in [-0.39, 0.29) is 18.4 Å². The summed E-state index contributed by atoms with van der Waals surface area (Å²) in [6.07, 6.45) is 2.19. The first-order valence-corrected chi connectivity index (χ1v) is 9.09. The quantitative estimate of drug-likeness (QED) is 0.778. The van der Waals surface area contributed by atoms with Gasteiger partial charge in [-0.2, -0.15) is 0 Å². The van der Waals surface area contributed by atoms with Gasteiger partial charge in [0.1, 0.15) is 11.5 Å². The van der Waals surface area contributed by atoms with E-state index in [1.165, 1.54) is 0 Å². The molecule has 0 aliphatic carbocycles. The second-order valence-electron chi connectivity index (χ2n) is 6.34. The zero-order chi connectivity index (χ0) is 19.1. The van der Waals surface area contributed by atoms with Gasteiger partial charge >= 0.3 is 0 Å². The van der Waals surface area contributed by atoms with Crippen molar-refractivity contribution in [3.63, 3.8) is 0 Å². The van der Waals surface area contributed by atoms with E-state index in [1.54, 1.807) is 24.1 Å². The Bertz CT molecular complexity index is 789. The van der Waals surface area contributed by atoms with Crippen LogP contribution in [0.25, 0.3) is 0 Å². The molecule has 3 rings (SSSR count). The average molecular weight is 368 g/mol. The molecule has 1 N–H and O–H groups in total. The number of methoxy groups -OCH3 is 1. The Morgan fingerprint density at radius 1 is 1.15 bits per heavy atom. The normalized spacial score (nSPS) is 13.5. The summed E-state index contributed by atoms with van der Waals surface area (Å²) in [6, 6.07) is 15.0. The Kier molecular flexibility index (Phi) is 6.30. The van der Waals surface area contributed by atoms with E-state index in [0.717, 1.165) is 30.0 Å². The molecule has 0 spiro atoms. The molecule has 0 bridgehead atoms. The van der Waals surface area contributed by atoms with E-state index in [4.69, 9.17) is 9.47 Å². The molecule has 142 valence electrons. The molecule has 6 heteroatoms. The summed E-state index contributed by atoms with van der Waals surface area (Å²) in [4.78, 5) is 25.5. The molecule has 1 aliphatic heterocycles. The highest BCUT2D eigenvalue weighted by molar-refractivity contribution is 5.95. The topological polar surface area (TPSA) is 67.9 Å². The summed E-state index contributed by atoms with van der Waals surface area (Å²) >= 11 is 0. The van der Waals surface area contributed by atoms with Crippen molar-refractivity contribution >= 4 is 17.5 Å². The van der Waals surface area contributed by atoms with E-state index in [0.29, 0.717) is 25.1 Å². The van der Waals surface area contributed by atoms with Gasteiger partial charge in [-0.3, -0.25) is 9.59 Å². The van der Waals surface area contributed by atoms with Gasteiger partial charge in [0.2, 0.25) is 5.91 Å². The molecule has 1 aliphatic rings.